The van der Waals surface area contributed by atoms with E-state index in [1.165, 1.54) is 12.1 Å². The van der Waals surface area contributed by atoms with E-state index in [4.69, 9.17) is 10.3 Å². The summed E-state index contributed by atoms with van der Waals surface area (Å²) in [6.07, 6.45) is -4.70. The summed E-state index contributed by atoms with van der Waals surface area (Å²) in [5.74, 6) is -0.569. The summed E-state index contributed by atoms with van der Waals surface area (Å²) in [7, 11) is 0. The number of aliphatic hydroxyl groups excluding tert-OH is 3. The molecule has 1 aliphatic rings. The number of aliphatic hydroxyl groups is 3. The number of carbonyl (C=O) groups excluding carboxylic acids is 1. The molecule has 2 rings (SSSR count). The molecule has 1 saturated heterocycles. The lowest BCUT2D eigenvalue weighted by Crippen LogP contribution is -2.44. The van der Waals surface area contributed by atoms with E-state index < -0.39 is 36.4 Å². The first-order chi connectivity index (χ1) is 9.55. The summed E-state index contributed by atoms with van der Waals surface area (Å²) >= 11 is 0. The molecule has 1 heterocycles. The van der Waals surface area contributed by atoms with Crippen LogP contribution in [0, 0.1) is 0 Å². The maximum atomic E-state index is 12.2. The molecular weight excluding hydrogens is 266 g/mol. The molecule has 0 spiro atoms. The SMILES string of the molecule is [N-]=[N+]=N[C@]1(CO)O[C@@H](C(=O)c2ccccc2)[C@H](O)[C@@H]1O. The molecule has 4 atom stereocenters. The van der Waals surface area contributed by atoms with Crippen LogP contribution in [-0.2, 0) is 4.74 Å². The van der Waals surface area contributed by atoms with E-state index in [2.05, 4.69) is 10.0 Å². The van der Waals surface area contributed by atoms with Crippen LogP contribution in [0.1, 0.15) is 10.4 Å². The number of hydrogen-bond donors (Lipinski definition) is 3. The Morgan fingerprint density at radius 3 is 2.60 bits per heavy atom. The Bertz CT molecular complexity index is 545. The molecule has 0 aromatic heterocycles. The second kappa shape index (κ2) is 5.58. The minimum atomic E-state index is -2.05. The Morgan fingerprint density at radius 2 is 2.05 bits per heavy atom. The normalized spacial score (nSPS) is 32.6. The Morgan fingerprint density at radius 1 is 1.40 bits per heavy atom. The molecule has 8 nitrogen and oxygen atoms in total. The summed E-state index contributed by atoms with van der Waals surface area (Å²) < 4.78 is 5.16. The maximum Gasteiger partial charge on any atom is 0.199 e. The van der Waals surface area contributed by atoms with Crippen LogP contribution in [0.15, 0.2) is 35.4 Å². The van der Waals surface area contributed by atoms with E-state index >= 15 is 0 Å². The van der Waals surface area contributed by atoms with Gasteiger partial charge in [-0.25, -0.2) is 0 Å². The summed E-state index contributed by atoms with van der Waals surface area (Å²) in [5, 5.41) is 32.2. The molecule has 0 saturated carbocycles. The first kappa shape index (κ1) is 14.4. The number of ether oxygens (including phenoxy) is 1. The molecule has 8 heteroatoms. The van der Waals surface area contributed by atoms with Gasteiger partial charge < -0.3 is 20.1 Å². The van der Waals surface area contributed by atoms with Crippen molar-refractivity contribution < 1.29 is 24.9 Å². The van der Waals surface area contributed by atoms with E-state index in [9.17, 15) is 20.1 Å². The van der Waals surface area contributed by atoms with Gasteiger partial charge in [0.15, 0.2) is 11.5 Å². The van der Waals surface area contributed by atoms with Gasteiger partial charge >= 0.3 is 0 Å². The van der Waals surface area contributed by atoms with E-state index in [1.54, 1.807) is 18.2 Å². The zero-order valence-electron chi connectivity index (χ0n) is 10.3. The number of rotatable bonds is 4. The van der Waals surface area contributed by atoms with Gasteiger partial charge in [0.05, 0.1) is 6.61 Å². The largest absolute Gasteiger partial charge is 0.393 e. The summed E-state index contributed by atoms with van der Waals surface area (Å²) in [5.41, 5.74) is 6.68. The highest BCUT2D eigenvalue weighted by molar-refractivity contribution is 6.00. The standard InChI is InChI=1S/C12H13N3O5/c13-15-14-12(6-16)11(19)9(18)10(20-12)8(17)7-4-2-1-3-5-7/h1-5,9-11,16,18-19H,6H2/t9-,10-,11-,12+/m0/s1. The number of Topliss-reactive ketones (excluding diaryl/α,β-unsaturated/α-hetero) is 1. The van der Waals surface area contributed by atoms with Crippen molar-refractivity contribution in [1.29, 1.82) is 0 Å². The summed E-state index contributed by atoms with van der Waals surface area (Å²) in [6.45, 7) is -0.853. The Labute approximate surface area is 113 Å². The van der Waals surface area contributed by atoms with E-state index in [-0.39, 0.29) is 5.56 Å². The number of benzene rings is 1. The van der Waals surface area contributed by atoms with Crippen molar-refractivity contribution in [2.45, 2.75) is 24.0 Å². The smallest absolute Gasteiger partial charge is 0.199 e. The van der Waals surface area contributed by atoms with Crippen molar-refractivity contribution in [2.75, 3.05) is 6.61 Å². The van der Waals surface area contributed by atoms with Gasteiger partial charge in [-0.15, -0.1) is 0 Å². The van der Waals surface area contributed by atoms with Crippen LogP contribution >= 0.6 is 0 Å². The number of hydrogen-bond acceptors (Lipinski definition) is 6. The van der Waals surface area contributed by atoms with Crippen molar-refractivity contribution in [3.05, 3.63) is 46.3 Å². The number of azide groups is 1. The molecule has 20 heavy (non-hydrogen) atoms. The lowest BCUT2D eigenvalue weighted by Gasteiger charge is -2.23. The minimum absolute atomic E-state index is 0.276. The Hall–Kier alpha value is -1.96. The molecule has 0 radical (unpaired) electrons. The number of nitrogens with zero attached hydrogens (tertiary/aromatic N) is 3. The molecule has 1 aliphatic heterocycles. The maximum absolute atomic E-state index is 12.2. The van der Waals surface area contributed by atoms with Crippen molar-refractivity contribution in [3.63, 3.8) is 0 Å². The topological polar surface area (TPSA) is 136 Å². The second-order valence-electron chi connectivity index (χ2n) is 4.40. The Kier molecular flexibility index (Phi) is 4.03. The fraction of sp³-hybridized carbons (Fsp3) is 0.417. The predicted octanol–water partition coefficient (Wildman–Crippen LogP) is -0.0112. The third kappa shape index (κ3) is 2.26. The third-order valence-corrected chi connectivity index (χ3v) is 3.18. The summed E-state index contributed by atoms with van der Waals surface area (Å²) in [6, 6.07) is 8.04. The van der Waals surface area contributed by atoms with Crippen LogP contribution in [0.5, 0.6) is 0 Å². The van der Waals surface area contributed by atoms with Crippen LogP contribution in [0.2, 0.25) is 0 Å². The molecule has 106 valence electrons. The van der Waals surface area contributed by atoms with Gasteiger partial charge in [0.25, 0.3) is 0 Å². The quantitative estimate of drug-likeness (QED) is 0.308. The monoisotopic (exact) mass is 279 g/mol. The second-order valence-corrected chi connectivity index (χ2v) is 4.40. The van der Waals surface area contributed by atoms with Crippen molar-refractivity contribution in [1.82, 2.24) is 0 Å². The average molecular weight is 279 g/mol. The lowest BCUT2D eigenvalue weighted by molar-refractivity contribution is -0.0997. The molecular formula is C12H13N3O5. The van der Waals surface area contributed by atoms with Crippen LogP contribution in [0.4, 0.5) is 0 Å². The van der Waals surface area contributed by atoms with Gasteiger partial charge in [-0.1, -0.05) is 35.4 Å². The van der Waals surface area contributed by atoms with E-state index in [0.29, 0.717) is 0 Å². The highest BCUT2D eigenvalue weighted by Crippen LogP contribution is 2.34. The highest BCUT2D eigenvalue weighted by Gasteiger charge is 2.56. The van der Waals surface area contributed by atoms with Crippen LogP contribution in [0.3, 0.4) is 0 Å². The van der Waals surface area contributed by atoms with Crippen molar-refractivity contribution in [3.8, 4) is 0 Å². The molecule has 0 aliphatic carbocycles. The molecule has 1 fully saturated rings. The molecule has 3 N–H and O–H groups in total. The van der Waals surface area contributed by atoms with Crippen LogP contribution in [-0.4, -0.2) is 51.7 Å². The molecule has 0 bridgehead atoms. The Balaban J connectivity index is 2.31. The number of ketones is 1. The van der Waals surface area contributed by atoms with Gasteiger partial charge in [0, 0.05) is 10.5 Å². The van der Waals surface area contributed by atoms with Gasteiger partial charge in [-0.05, 0) is 5.53 Å². The fourth-order valence-electron chi connectivity index (χ4n) is 2.09. The van der Waals surface area contributed by atoms with Gasteiger partial charge in [0.1, 0.15) is 18.3 Å². The molecule has 1 aromatic carbocycles. The van der Waals surface area contributed by atoms with Gasteiger partial charge in [0.2, 0.25) is 0 Å². The van der Waals surface area contributed by atoms with Crippen LogP contribution in [0.25, 0.3) is 10.4 Å². The molecule has 0 unspecified atom stereocenters. The number of carbonyl (C=O) groups is 1. The zero-order valence-corrected chi connectivity index (χ0v) is 10.3. The van der Waals surface area contributed by atoms with Gasteiger partial charge in [-0.3, -0.25) is 4.79 Å². The predicted molar refractivity (Wildman–Crippen MR) is 66.6 cm³/mol. The lowest BCUT2D eigenvalue weighted by atomic mass is 9.98. The van der Waals surface area contributed by atoms with E-state index in [0.717, 1.165) is 0 Å². The average Bonchev–Trinajstić information content (AvgIpc) is 2.73. The fourth-order valence-corrected chi connectivity index (χ4v) is 2.09. The van der Waals surface area contributed by atoms with Gasteiger partial charge in [-0.2, -0.15) is 0 Å². The van der Waals surface area contributed by atoms with E-state index in [1.807, 2.05) is 0 Å². The molecule has 0 amide bonds. The first-order valence-electron chi connectivity index (χ1n) is 5.86. The van der Waals surface area contributed by atoms with Crippen molar-refractivity contribution >= 4 is 5.78 Å². The van der Waals surface area contributed by atoms with Crippen LogP contribution < -0.4 is 0 Å². The highest BCUT2D eigenvalue weighted by atomic mass is 16.6. The zero-order chi connectivity index (χ0) is 14.8. The minimum Gasteiger partial charge on any atom is -0.393 e. The first-order valence-corrected chi connectivity index (χ1v) is 5.86. The van der Waals surface area contributed by atoms with Crippen molar-refractivity contribution in [2.24, 2.45) is 5.11 Å². The summed E-state index contributed by atoms with van der Waals surface area (Å²) in [4.78, 5) is 14.7. The molecule has 1 aromatic rings. The third-order valence-electron chi connectivity index (χ3n) is 3.18.